The molecule has 2 aromatic carbocycles. The molecule has 10 heteroatoms. The average molecular weight is 480 g/mol. The van der Waals surface area contributed by atoms with E-state index in [9.17, 15) is 0 Å². The summed E-state index contributed by atoms with van der Waals surface area (Å²) in [7, 11) is 3.82. The molecule has 0 atom stereocenters. The molecule has 1 saturated heterocycles. The lowest BCUT2D eigenvalue weighted by Gasteiger charge is -2.32. The van der Waals surface area contributed by atoms with Gasteiger partial charge in [-0.3, -0.25) is 0 Å². The Balaban J connectivity index is 1.27. The first kappa shape index (κ1) is 22.6. The third-order valence-corrected chi connectivity index (χ3v) is 6.85. The number of thiazole rings is 1. The van der Waals surface area contributed by atoms with E-state index in [1.54, 1.807) is 13.3 Å². The average Bonchev–Trinajstić information content (AvgIpc) is 3.21. The molecule has 2 aromatic heterocycles. The number of aromatic nitrogens is 3. The molecular formula is C24H29N7O2S. The Labute approximate surface area is 202 Å². The lowest BCUT2D eigenvalue weighted by atomic mass is 10.2. The van der Waals surface area contributed by atoms with Gasteiger partial charge in [-0.15, -0.1) is 0 Å². The highest BCUT2D eigenvalue weighted by Crippen LogP contribution is 2.32. The number of fused-ring (bicyclic) bond motifs is 2. The summed E-state index contributed by atoms with van der Waals surface area (Å²) in [6.07, 6.45) is 2.75. The van der Waals surface area contributed by atoms with Crippen molar-refractivity contribution >= 4 is 49.2 Å². The van der Waals surface area contributed by atoms with Gasteiger partial charge in [0.1, 0.15) is 0 Å². The molecule has 0 spiro atoms. The normalized spacial score (nSPS) is 15.1. The first-order valence-corrected chi connectivity index (χ1v) is 12.2. The third kappa shape index (κ3) is 5.14. The number of benzene rings is 2. The van der Waals surface area contributed by atoms with Gasteiger partial charge in [0.2, 0.25) is 5.95 Å². The van der Waals surface area contributed by atoms with Crippen LogP contribution in [0.4, 0.5) is 16.8 Å². The minimum absolute atomic E-state index is 0.510. The Morgan fingerprint density at radius 1 is 1.06 bits per heavy atom. The van der Waals surface area contributed by atoms with Crippen molar-refractivity contribution < 1.29 is 9.47 Å². The van der Waals surface area contributed by atoms with E-state index < -0.39 is 0 Å². The van der Waals surface area contributed by atoms with Crippen LogP contribution in [0.15, 0.2) is 36.5 Å². The fourth-order valence-electron chi connectivity index (χ4n) is 4.06. The van der Waals surface area contributed by atoms with Crippen molar-refractivity contribution in [1.82, 2.24) is 24.8 Å². The molecule has 178 valence electrons. The van der Waals surface area contributed by atoms with Crippen LogP contribution in [0.1, 0.15) is 6.42 Å². The van der Waals surface area contributed by atoms with Gasteiger partial charge in [0, 0.05) is 56.1 Å². The minimum atomic E-state index is 0.510. The predicted molar refractivity (Wildman–Crippen MR) is 137 cm³/mol. The topological polar surface area (TPSA) is 102 Å². The van der Waals surface area contributed by atoms with Crippen molar-refractivity contribution in [3.8, 4) is 11.5 Å². The molecule has 0 radical (unpaired) electrons. The van der Waals surface area contributed by atoms with Gasteiger partial charge in [0.25, 0.3) is 0 Å². The summed E-state index contributed by atoms with van der Waals surface area (Å²) in [6.45, 7) is 6.15. The molecule has 0 bridgehead atoms. The highest BCUT2D eigenvalue weighted by molar-refractivity contribution is 7.22. The van der Waals surface area contributed by atoms with Gasteiger partial charge in [-0.2, -0.15) is 0 Å². The van der Waals surface area contributed by atoms with Crippen molar-refractivity contribution in [3.63, 3.8) is 0 Å². The first-order chi connectivity index (χ1) is 16.6. The number of rotatable bonds is 8. The van der Waals surface area contributed by atoms with Crippen LogP contribution in [0.5, 0.6) is 11.5 Å². The van der Waals surface area contributed by atoms with Gasteiger partial charge in [0.15, 0.2) is 16.6 Å². The largest absolute Gasteiger partial charge is 0.493 e. The molecule has 0 saturated carbocycles. The van der Waals surface area contributed by atoms with Crippen LogP contribution in [0.2, 0.25) is 0 Å². The van der Waals surface area contributed by atoms with E-state index in [2.05, 4.69) is 32.1 Å². The first-order valence-electron chi connectivity index (χ1n) is 11.4. The monoisotopic (exact) mass is 479 g/mol. The molecule has 3 N–H and O–H groups in total. The highest BCUT2D eigenvalue weighted by Gasteiger charge is 2.14. The van der Waals surface area contributed by atoms with E-state index in [1.807, 2.05) is 30.3 Å². The Kier molecular flexibility index (Phi) is 6.61. The maximum Gasteiger partial charge on any atom is 0.227 e. The number of anilines is 3. The van der Waals surface area contributed by atoms with Crippen LogP contribution < -0.4 is 20.5 Å². The van der Waals surface area contributed by atoms with E-state index in [0.717, 1.165) is 66.0 Å². The van der Waals surface area contributed by atoms with E-state index in [1.165, 1.54) is 11.3 Å². The van der Waals surface area contributed by atoms with Crippen LogP contribution in [0.3, 0.4) is 0 Å². The Hall–Kier alpha value is -3.21. The summed E-state index contributed by atoms with van der Waals surface area (Å²) < 4.78 is 12.7. The van der Waals surface area contributed by atoms with E-state index in [-0.39, 0.29) is 0 Å². The van der Waals surface area contributed by atoms with Gasteiger partial charge < -0.3 is 30.3 Å². The Morgan fingerprint density at radius 2 is 1.91 bits per heavy atom. The lowest BCUT2D eigenvalue weighted by Crippen LogP contribution is -2.44. The number of piperazine rings is 1. The molecule has 3 heterocycles. The van der Waals surface area contributed by atoms with Gasteiger partial charge in [-0.1, -0.05) is 11.3 Å². The Morgan fingerprint density at radius 3 is 2.74 bits per heavy atom. The fraction of sp³-hybridized carbons (Fsp3) is 0.375. The van der Waals surface area contributed by atoms with Crippen LogP contribution in [0, 0.1) is 0 Å². The standard InChI is InChI=1S/C24H29N7O2S/c1-30-7-9-31(10-8-30)6-3-11-33-21-14-19-16(12-20(21)32-2)15-26-24(29-19)27-17-4-5-18-22(13-17)34-23(25)28-18/h4-5,12-15H,3,6-11H2,1-2H3,(H2,25,28)(H,26,27,29). The number of nitrogens with zero attached hydrogens (tertiary/aromatic N) is 5. The minimum Gasteiger partial charge on any atom is -0.493 e. The quantitative estimate of drug-likeness (QED) is 0.367. The molecule has 1 aliphatic rings. The molecular weight excluding hydrogens is 450 g/mol. The number of nitrogens with one attached hydrogen (secondary N) is 1. The van der Waals surface area contributed by atoms with Crippen molar-refractivity contribution in [2.24, 2.45) is 0 Å². The van der Waals surface area contributed by atoms with Crippen molar-refractivity contribution in [2.45, 2.75) is 6.42 Å². The molecule has 1 fully saturated rings. The van der Waals surface area contributed by atoms with Gasteiger partial charge in [-0.25, -0.2) is 15.0 Å². The molecule has 4 aromatic rings. The van der Waals surface area contributed by atoms with Crippen LogP contribution in [0.25, 0.3) is 21.1 Å². The van der Waals surface area contributed by atoms with Gasteiger partial charge >= 0.3 is 0 Å². The fourth-order valence-corrected chi connectivity index (χ4v) is 4.84. The van der Waals surface area contributed by atoms with Crippen molar-refractivity contribution in [1.29, 1.82) is 0 Å². The number of methoxy groups -OCH3 is 1. The molecule has 9 nitrogen and oxygen atoms in total. The zero-order chi connectivity index (χ0) is 23.5. The maximum absolute atomic E-state index is 6.10. The van der Waals surface area contributed by atoms with Crippen LogP contribution in [-0.4, -0.2) is 78.2 Å². The number of likely N-dealkylation sites (N-methyl/N-ethyl adjacent to an activating group) is 1. The summed E-state index contributed by atoms with van der Waals surface area (Å²) in [4.78, 5) is 18.3. The molecule has 34 heavy (non-hydrogen) atoms. The SMILES string of the molecule is COc1cc2cnc(Nc3ccc4nc(N)sc4c3)nc2cc1OCCCN1CCN(C)CC1. The second-order valence-electron chi connectivity index (χ2n) is 8.46. The molecule has 5 rings (SSSR count). The van der Waals surface area contributed by atoms with E-state index >= 15 is 0 Å². The smallest absolute Gasteiger partial charge is 0.227 e. The summed E-state index contributed by atoms with van der Waals surface area (Å²) in [5.74, 6) is 1.89. The zero-order valence-electron chi connectivity index (χ0n) is 19.5. The zero-order valence-corrected chi connectivity index (χ0v) is 20.3. The summed E-state index contributed by atoms with van der Waals surface area (Å²) >= 11 is 1.45. The molecule has 0 amide bonds. The van der Waals surface area contributed by atoms with Crippen LogP contribution >= 0.6 is 11.3 Å². The number of ether oxygens (including phenoxy) is 2. The molecule has 0 unspecified atom stereocenters. The lowest BCUT2D eigenvalue weighted by molar-refractivity contribution is 0.145. The Bertz CT molecular complexity index is 1290. The number of nitrogens with two attached hydrogens (primary N) is 1. The van der Waals surface area contributed by atoms with Crippen molar-refractivity contribution in [2.75, 3.05) is 64.5 Å². The number of hydrogen-bond donors (Lipinski definition) is 2. The highest BCUT2D eigenvalue weighted by atomic mass is 32.1. The summed E-state index contributed by atoms with van der Waals surface area (Å²) in [5.41, 5.74) is 8.37. The third-order valence-electron chi connectivity index (χ3n) is 6.00. The second kappa shape index (κ2) is 9.96. The van der Waals surface area contributed by atoms with E-state index in [4.69, 9.17) is 20.2 Å². The number of nitrogen functional groups attached to an aromatic ring is 1. The van der Waals surface area contributed by atoms with Gasteiger partial charge in [0.05, 0.1) is 29.5 Å². The molecule has 1 aliphatic heterocycles. The van der Waals surface area contributed by atoms with Crippen LogP contribution in [-0.2, 0) is 0 Å². The van der Waals surface area contributed by atoms with Crippen molar-refractivity contribution in [3.05, 3.63) is 36.5 Å². The summed E-state index contributed by atoms with van der Waals surface area (Å²) in [5, 5.41) is 4.71. The maximum atomic E-state index is 6.10. The summed E-state index contributed by atoms with van der Waals surface area (Å²) in [6, 6.07) is 9.72. The van der Waals surface area contributed by atoms with Gasteiger partial charge in [-0.05, 0) is 37.7 Å². The predicted octanol–water partition coefficient (Wildman–Crippen LogP) is 3.59. The molecule has 0 aliphatic carbocycles. The number of hydrogen-bond acceptors (Lipinski definition) is 10. The van der Waals surface area contributed by atoms with E-state index in [0.29, 0.717) is 29.2 Å². The second-order valence-corrected chi connectivity index (χ2v) is 9.52.